The average molecular weight is 332 g/mol. The van der Waals surface area contributed by atoms with Crippen molar-refractivity contribution in [3.05, 3.63) is 23.8 Å². The molecule has 0 aromatic heterocycles. The largest absolute Gasteiger partial charge is 0.398 e. The van der Waals surface area contributed by atoms with Gasteiger partial charge in [0.25, 0.3) is 0 Å². The van der Waals surface area contributed by atoms with Crippen molar-refractivity contribution >= 4 is 25.5 Å². The van der Waals surface area contributed by atoms with Crippen molar-refractivity contribution in [2.45, 2.75) is 37.1 Å². The second kappa shape index (κ2) is 5.26. The number of anilines is 1. The number of nitrogens with one attached hydrogen (secondary N) is 1. The summed E-state index contributed by atoms with van der Waals surface area (Å²) in [6, 6.07) is 4.58. The number of nitrogen functional groups attached to an aromatic ring is 1. The van der Waals surface area contributed by atoms with E-state index in [9.17, 15) is 16.8 Å². The lowest BCUT2D eigenvalue weighted by Gasteiger charge is -2.23. The predicted molar refractivity (Wildman–Crippen MR) is 82.2 cm³/mol. The minimum absolute atomic E-state index is 0.00291. The minimum Gasteiger partial charge on any atom is -0.398 e. The van der Waals surface area contributed by atoms with E-state index in [-0.39, 0.29) is 22.8 Å². The fourth-order valence-electron chi connectivity index (χ4n) is 2.54. The van der Waals surface area contributed by atoms with Crippen LogP contribution in [0.2, 0.25) is 0 Å². The molecule has 21 heavy (non-hydrogen) atoms. The van der Waals surface area contributed by atoms with E-state index < -0.39 is 25.4 Å². The summed E-state index contributed by atoms with van der Waals surface area (Å²) in [5, 5.41) is 0. The van der Waals surface area contributed by atoms with Crippen LogP contribution in [0.3, 0.4) is 0 Å². The van der Waals surface area contributed by atoms with Crippen molar-refractivity contribution in [1.82, 2.24) is 4.72 Å². The maximum atomic E-state index is 12.4. The first-order chi connectivity index (χ1) is 9.57. The Morgan fingerprint density at radius 2 is 2.05 bits per heavy atom. The topological polar surface area (TPSA) is 106 Å². The Bertz CT molecular complexity index is 756. The first-order valence-electron chi connectivity index (χ1n) is 6.70. The molecule has 0 bridgehead atoms. The molecular formula is C13H20N2O4S2. The van der Waals surface area contributed by atoms with Crippen molar-refractivity contribution in [3.8, 4) is 0 Å². The first-order valence-corrected chi connectivity index (χ1v) is 10.0. The van der Waals surface area contributed by atoms with Crippen LogP contribution in [0.4, 0.5) is 5.69 Å². The molecule has 3 N–H and O–H groups in total. The molecule has 0 aliphatic carbocycles. The van der Waals surface area contributed by atoms with Gasteiger partial charge >= 0.3 is 0 Å². The number of aryl methyl sites for hydroxylation is 1. The summed E-state index contributed by atoms with van der Waals surface area (Å²) < 4.78 is 50.4. The Balaban J connectivity index is 2.29. The Labute approximate surface area is 125 Å². The number of benzene rings is 1. The first kappa shape index (κ1) is 16.3. The number of rotatable bonds is 4. The van der Waals surface area contributed by atoms with Crippen molar-refractivity contribution in [2.24, 2.45) is 0 Å². The van der Waals surface area contributed by atoms with Crippen LogP contribution in [-0.2, 0) is 26.3 Å². The molecule has 1 aromatic rings. The molecule has 1 atom stereocenters. The van der Waals surface area contributed by atoms with E-state index in [1.54, 1.807) is 13.0 Å². The van der Waals surface area contributed by atoms with Gasteiger partial charge in [-0.25, -0.2) is 21.6 Å². The van der Waals surface area contributed by atoms with Gasteiger partial charge in [-0.3, -0.25) is 0 Å². The Morgan fingerprint density at radius 1 is 1.38 bits per heavy atom. The van der Waals surface area contributed by atoms with Crippen LogP contribution in [0.1, 0.15) is 25.8 Å². The maximum Gasteiger partial charge on any atom is 0.241 e. The molecule has 1 unspecified atom stereocenters. The van der Waals surface area contributed by atoms with Crippen LogP contribution in [0.15, 0.2) is 23.1 Å². The second-order valence-electron chi connectivity index (χ2n) is 5.72. The standard InChI is InChI=1S/C13H20N2O4S2/c1-3-10-4-5-11(8-12(10)14)21(18,19)15-13(2)6-7-20(16,17)9-13/h4-5,8,15H,3,6-7,9,14H2,1-2H3. The normalized spacial score (nSPS) is 25.0. The Kier molecular flexibility index (Phi) is 4.07. The lowest BCUT2D eigenvalue weighted by atomic mass is 10.0. The molecule has 1 fully saturated rings. The van der Waals surface area contributed by atoms with Gasteiger partial charge < -0.3 is 5.73 Å². The van der Waals surface area contributed by atoms with Gasteiger partial charge in [0.1, 0.15) is 0 Å². The van der Waals surface area contributed by atoms with Crippen LogP contribution in [0.5, 0.6) is 0 Å². The molecule has 2 rings (SSSR count). The van der Waals surface area contributed by atoms with E-state index in [2.05, 4.69) is 4.72 Å². The van der Waals surface area contributed by atoms with E-state index in [0.29, 0.717) is 5.69 Å². The van der Waals surface area contributed by atoms with Gasteiger partial charge in [0.15, 0.2) is 9.84 Å². The SMILES string of the molecule is CCc1ccc(S(=O)(=O)NC2(C)CCS(=O)(=O)C2)cc1N. The molecule has 6 nitrogen and oxygen atoms in total. The lowest BCUT2D eigenvalue weighted by Crippen LogP contribution is -2.46. The summed E-state index contributed by atoms with van der Waals surface area (Å²) in [6.07, 6.45) is 0.993. The van der Waals surface area contributed by atoms with Gasteiger partial charge in [-0.2, -0.15) is 0 Å². The Morgan fingerprint density at radius 3 is 2.52 bits per heavy atom. The molecule has 118 valence electrons. The predicted octanol–water partition coefficient (Wildman–Crippen LogP) is 0.687. The molecule has 1 aliphatic rings. The second-order valence-corrected chi connectivity index (χ2v) is 9.59. The highest BCUT2D eigenvalue weighted by Crippen LogP contribution is 2.26. The zero-order chi connectivity index (χ0) is 15.9. The third kappa shape index (κ3) is 3.56. The number of hydrogen-bond acceptors (Lipinski definition) is 5. The number of nitrogens with two attached hydrogens (primary N) is 1. The van der Waals surface area contributed by atoms with Crippen LogP contribution in [0.25, 0.3) is 0 Å². The fourth-order valence-corrected chi connectivity index (χ4v) is 6.19. The summed E-state index contributed by atoms with van der Waals surface area (Å²) in [7, 11) is -6.97. The highest BCUT2D eigenvalue weighted by molar-refractivity contribution is 7.92. The number of hydrogen-bond donors (Lipinski definition) is 2. The van der Waals surface area contributed by atoms with Crippen LogP contribution >= 0.6 is 0 Å². The fraction of sp³-hybridized carbons (Fsp3) is 0.538. The summed E-state index contributed by atoms with van der Waals surface area (Å²) in [5.74, 6) is -0.176. The van der Waals surface area contributed by atoms with Gasteiger partial charge in [-0.1, -0.05) is 13.0 Å². The van der Waals surface area contributed by atoms with Crippen molar-refractivity contribution in [3.63, 3.8) is 0 Å². The van der Waals surface area contributed by atoms with Crippen LogP contribution in [-0.4, -0.2) is 33.9 Å². The van der Waals surface area contributed by atoms with E-state index in [1.807, 2.05) is 6.92 Å². The third-order valence-corrected chi connectivity index (χ3v) is 7.23. The van der Waals surface area contributed by atoms with E-state index in [4.69, 9.17) is 5.73 Å². The van der Waals surface area contributed by atoms with Crippen molar-refractivity contribution in [1.29, 1.82) is 0 Å². The van der Waals surface area contributed by atoms with Gasteiger partial charge in [-0.15, -0.1) is 0 Å². The van der Waals surface area contributed by atoms with Crippen LogP contribution in [0, 0.1) is 0 Å². The van der Waals surface area contributed by atoms with Gasteiger partial charge in [0.2, 0.25) is 10.0 Å². The molecule has 0 saturated carbocycles. The molecule has 1 saturated heterocycles. The van der Waals surface area contributed by atoms with Gasteiger partial charge in [0.05, 0.1) is 16.4 Å². The molecule has 8 heteroatoms. The Hall–Kier alpha value is -1.12. The van der Waals surface area contributed by atoms with E-state index in [1.165, 1.54) is 12.1 Å². The monoisotopic (exact) mass is 332 g/mol. The zero-order valence-electron chi connectivity index (χ0n) is 12.1. The zero-order valence-corrected chi connectivity index (χ0v) is 13.7. The summed E-state index contributed by atoms with van der Waals surface area (Å²) in [6.45, 7) is 3.54. The molecule has 0 radical (unpaired) electrons. The maximum absolute atomic E-state index is 12.4. The summed E-state index contributed by atoms with van der Waals surface area (Å²) >= 11 is 0. The molecular weight excluding hydrogens is 312 g/mol. The minimum atomic E-state index is -3.79. The molecule has 0 spiro atoms. The van der Waals surface area contributed by atoms with Crippen LogP contribution < -0.4 is 10.5 Å². The summed E-state index contributed by atoms with van der Waals surface area (Å²) in [5.41, 5.74) is 6.16. The molecule has 1 heterocycles. The van der Waals surface area contributed by atoms with Gasteiger partial charge in [0, 0.05) is 11.2 Å². The number of sulfonamides is 1. The highest BCUT2D eigenvalue weighted by Gasteiger charge is 2.41. The molecule has 1 aliphatic heterocycles. The lowest BCUT2D eigenvalue weighted by molar-refractivity contribution is 0.462. The average Bonchev–Trinajstić information content (AvgIpc) is 2.62. The number of sulfone groups is 1. The third-order valence-electron chi connectivity index (χ3n) is 3.69. The quantitative estimate of drug-likeness (QED) is 0.789. The van der Waals surface area contributed by atoms with Crippen molar-refractivity contribution in [2.75, 3.05) is 17.2 Å². The van der Waals surface area contributed by atoms with E-state index in [0.717, 1.165) is 12.0 Å². The van der Waals surface area contributed by atoms with Crippen molar-refractivity contribution < 1.29 is 16.8 Å². The van der Waals surface area contributed by atoms with Gasteiger partial charge in [-0.05, 0) is 37.5 Å². The van der Waals surface area contributed by atoms with E-state index >= 15 is 0 Å². The highest BCUT2D eigenvalue weighted by atomic mass is 32.2. The molecule has 1 aromatic carbocycles. The smallest absolute Gasteiger partial charge is 0.241 e. The molecule has 0 amide bonds. The summed E-state index contributed by atoms with van der Waals surface area (Å²) in [4.78, 5) is 0.0581.